The maximum atomic E-state index is 12.8. The number of hydrogen-bond acceptors (Lipinski definition) is 4. The number of aromatic amines is 1. The van der Waals surface area contributed by atoms with Gasteiger partial charge in [-0.05, 0) is 74.6 Å². The first kappa shape index (κ1) is 21.8. The zero-order valence-electron chi connectivity index (χ0n) is 19.7. The Kier molecular flexibility index (Phi) is 5.93. The Morgan fingerprint density at radius 1 is 1.25 bits per heavy atom. The van der Waals surface area contributed by atoms with Crippen molar-refractivity contribution in [3.63, 3.8) is 0 Å². The van der Waals surface area contributed by atoms with E-state index in [4.69, 9.17) is 9.47 Å². The molecular formula is C26H37N3O3. The number of hydrogen-bond donors (Lipinski definition) is 2. The Hall–Kier alpha value is -2.05. The minimum absolute atomic E-state index is 0.0615. The van der Waals surface area contributed by atoms with E-state index in [-0.39, 0.29) is 17.4 Å². The molecule has 1 amide bonds. The largest absolute Gasteiger partial charge is 0.494 e. The second-order valence-corrected chi connectivity index (χ2v) is 10.5. The Morgan fingerprint density at radius 3 is 2.69 bits per heavy atom. The second-order valence-electron chi connectivity index (χ2n) is 10.5. The molecule has 1 saturated heterocycles. The van der Waals surface area contributed by atoms with E-state index in [1.54, 1.807) is 7.11 Å². The van der Waals surface area contributed by atoms with Crippen molar-refractivity contribution in [2.45, 2.75) is 52.1 Å². The van der Waals surface area contributed by atoms with Crippen LogP contribution in [0.4, 0.5) is 5.69 Å². The molecule has 0 bridgehead atoms. The summed E-state index contributed by atoms with van der Waals surface area (Å²) < 4.78 is 11.5. The van der Waals surface area contributed by atoms with Gasteiger partial charge in [0.1, 0.15) is 5.75 Å². The van der Waals surface area contributed by atoms with Crippen molar-refractivity contribution in [3.8, 4) is 5.75 Å². The lowest BCUT2D eigenvalue weighted by atomic mass is 9.67. The van der Waals surface area contributed by atoms with E-state index in [2.05, 4.69) is 22.1 Å². The summed E-state index contributed by atoms with van der Waals surface area (Å²) in [4.78, 5) is 18.7. The fraction of sp³-hybridized carbons (Fsp3) is 0.654. The van der Waals surface area contributed by atoms with E-state index in [9.17, 15) is 4.79 Å². The maximum Gasteiger partial charge on any atom is 0.230 e. The minimum Gasteiger partial charge on any atom is -0.494 e. The highest BCUT2D eigenvalue weighted by Crippen LogP contribution is 2.44. The van der Waals surface area contributed by atoms with Crippen molar-refractivity contribution < 1.29 is 14.3 Å². The number of amides is 1. The Labute approximate surface area is 191 Å². The van der Waals surface area contributed by atoms with Crippen LogP contribution in [0.5, 0.6) is 5.75 Å². The third-order valence-corrected chi connectivity index (χ3v) is 8.31. The highest BCUT2D eigenvalue weighted by molar-refractivity contribution is 6.04. The summed E-state index contributed by atoms with van der Waals surface area (Å²) in [6.45, 7) is 8.82. The maximum absolute atomic E-state index is 12.8. The number of ether oxygens (including phenoxy) is 2. The third-order valence-electron chi connectivity index (χ3n) is 8.31. The number of carbonyl (C=O) groups is 1. The lowest BCUT2D eigenvalue weighted by Crippen LogP contribution is -2.48. The molecule has 5 rings (SSSR count). The van der Waals surface area contributed by atoms with Gasteiger partial charge in [-0.2, -0.15) is 0 Å². The van der Waals surface area contributed by atoms with E-state index in [1.165, 1.54) is 32.5 Å². The van der Waals surface area contributed by atoms with Crippen LogP contribution < -0.4 is 10.1 Å². The number of H-pyrrole nitrogens is 1. The Morgan fingerprint density at radius 2 is 2.00 bits per heavy atom. The van der Waals surface area contributed by atoms with Gasteiger partial charge >= 0.3 is 0 Å². The van der Waals surface area contributed by atoms with Crippen LogP contribution >= 0.6 is 0 Å². The zero-order chi connectivity index (χ0) is 22.3. The lowest BCUT2D eigenvalue weighted by molar-refractivity contribution is -0.138. The molecule has 3 fully saturated rings. The second kappa shape index (κ2) is 8.71. The summed E-state index contributed by atoms with van der Waals surface area (Å²) in [7, 11) is 1.71. The smallest absolute Gasteiger partial charge is 0.230 e. The molecule has 1 aromatic carbocycles. The number of carbonyl (C=O) groups excluding carboxylic acids is 1. The average molecular weight is 440 g/mol. The number of aromatic nitrogens is 1. The molecule has 1 unspecified atom stereocenters. The molecule has 1 aliphatic heterocycles. The summed E-state index contributed by atoms with van der Waals surface area (Å²) in [6.07, 6.45) is 7.46. The lowest BCUT2D eigenvalue weighted by Gasteiger charge is -2.42. The molecule has 0 spiro atoms. The highest BCUT2D eigenvalue weighted by Gasteiger charge is 2.46. The zero-order valence-corrected chi connectivity index (χ0v) is 19.7. The first-order valence-corrected chi connectivity index (χ1v) is 12.3. The number of methoxy groups -OCH3 is 1. The Balaban J connectivity index is 1.15. The van der Waals surface area contributed by atoms with Gasteiger partial charge in [0.25, 0.3) is 0 Å². The summed E-state index contributed by atoms with van der Waals surface area (Å²) in [6, 6.07) is 6.10. The monoisotopic (exact) mass is 439 g/mol. The van der Waals surface area contributed by atoms with Gasteiger partial charge in [0.15, 0.2) is 0 Å². The molecule has 2 N–H and O–H groups in total. The summed E-state index contributed by atoms with van der Waals surface area (Å²) in [5.41, 5.74) is 1.47. The molecule has 2 heterocycles. The van der Waals surface area contributed by atoms with E-state index in [1.807, 2.05) is 31.3 Å². The number of likely N-dealkylation sites (tertiary alicyclic amines) is 1. The van der Waals surface area contributed by atoms with Crippen LogP contribution in [0.2, 0.25) is 0 Å². The minimum atomic E-state index is -0.355. The quantitative estimate of drug-likeness (QED) is 0.627. The van der Waals surface area contributed by atoms with Gasteiger partial charge in [-0.1, -0.05) is 13.8 Å². The van der Waals surface area contributed by atoms with Crippen LogP contribution in [0.15, 0.2) is 24.4 Å². The number of anilines is 1. The molecule has 32 heavy (non-hydrogen) atoms. The van der Waals surface area contributed by atoms with Gasteiger partial charge in [0, 0.05) is 37.3 Å². The standard InChI is InChI=1S/C26H37N3O3/c1-4-29-15-18-9-17(10-19(18)16-29)7-8-32-20-5-6-23-22(11-20)24(14-27-23)28-25(30)26(2)12-21(13-26)31-3/h5-6,11,14,17-19,21,27H,4,7-10,12-13,15-16H2,1-3H3,(H,28,30)/t17?,18-,19+,21?,26?. The van der Waals surface area contributed by atoms with Crippen molar-refractivity contribution in [1.82, 2.24) is 9.88 Å². The normalized spacial score (nSPS) is 32.1. The molecule has 174 valence electrons. The van der Waals surface area contributed by atoms with Crippen LogP contribution in [0.1, 0.15) is 46.0 Å². The molecule has 3 atom stereocenters. The molecule has 6 nitrogen and oxygen atoms in total. The van der Waals surface area contributed by atoms with Crippen molar-refractivity contribution in [2.75, 3.05) is 38.7 Å². The van der Waals surface area contributed by atoms with Crippen molar-refractivity contribution in [3.05, 3.63) is 24.4 Å². The van der Waals surface area contributed by atoms with Crippen molar-refractivity contribution in [2.24, 2.45) is 23.2 Å². The summed E-state index contributed by atoms with van der Waals surface area (Å²) in [5.74, 6) is 3.54. The van der Waals surface area contributed by atoms with Crippen LogP contribution in [-0.2, 0) is 9.53 Å². The summed E-state index contributed by atoms with van der Waals surface area (Å²) in [5, 5.41) is 4.12. The number of fused-ring (bicyclic) bond motifs is 2. The predicted octanol–water partition coefficient (Wildman–Crippen LogP) is 4.67. The SMILES string of the molecule is CCN1C[C@H]2CC(CCOc3ccc4[nH]cc(NC(=O)C5(C)CC(OC)C5)c4c3)C[C@H]2C1. The van der Waals surface area contributed by atoms with Gasteiger partial charge in [-0.15, -0.1) is 0 Å². The van der Waals surface area contributed by atoms with Gasteiger partial charge in [-0.25, -0.2) is 0 Å². The topological polar surface area (TPSA) is 66.6 Å². The molecule has 2 saturated carbocycles. The molecule has 1 aromatic heterocycles. The number of nitrogens with one attached hydrogen (secondary N) is 2. The van der Waals surface area contributed by atoms with E-state index >= 15 is 0 Å². The average Bonchev–Trinajstić information content (AvgIpc) is 3.44. The predicted molar refractivity (Wildman–Crippen MR) is 127 cm³/mol. The van der Waals surface area contributed by atoms with E-state index < -0.39 is 0 Å². The van der Waals surface area contributed by atoms with Gasteiger partial charge in [0.05, 0.1) is 23.8 Å². The van der Waals surface area contributed by atoms with Gasteiger partial charge in [-0.3, -0.25) is 4.79 Å². The van der Waals surface area contributed by atoms with Crippen molar-refractivity contribution in [1.29, 1.82) is 0 Å². The van der Waals surface area contributed by atoms with Gasteiger partial charge < -0.3 is 24.7 Å². The van der Waals surface area contributed by atoms with Crippen LogP contribution in [-0.4, -0.2) is 55.2 Å². The summed E-state index contributed by atoms with van der Waals surface area (Å²) >= 11 is 0. The van der Waals surface area contributed by atoms with E-state index in [0.717, 1.165) is 66.0 Å². The van der Waals surface area contributed by atoms with Crippen LogP contribution in [0.3, 0.4) is 0 Å². The van der Waals surface area contributed by atoms with Gasteiger partial charge in [0.2, 0.25) is 5.91 Å². The van der Waals surface area contributed by atoms with Crippen molar-refractivity contribution >= 4 is 22.5 Å². The number of benzene rings is 1. The fourth-order valence-electron chi connectivity index (χ4n) is 6.22. The molecule has 6 heteroatoms. The molecular weight excluding hydrogens is 402 g/mol. The molecule has 2 aromatic rings. The fourth-order valence-corrected chi connectivity index (χ4v) is 6.22. The number of nitrogens with zero attached hydrogens (tertiary/aromatic N) is 1. The molecule has 3 aliphatic rings. The molecule has 2 aliphatic carbocycles. The molecule has 0 radical (unpaired) electrons. The first-order valence-electron chi connectivity index (χ1n) is 12.3. The Bertz CT molecular complexity index is 950. The van der Waals surface area contributed by atoms with Crippen LogP contribution in [0.25, 0.3) is 10.9 Å². The first-order chi connectivity index (χ1) is 15.5. The third kappa shape index (κ3) is 4.15. The van der Waals surface area contributed by atoms with Crippen LogP contribution in [0, 0.1) is 23.2 Å². The highest BCUT2D eigenvalue weighted by atomic mass is 16.5. The van der Waals surface area contributed by atoms with E-state index in [0.29, 0.717) is 0 Å². The number of rotatable bonds is 8.